The minimum atomic E-state index is -3.82. The quantitative estimate of drug-likeness (QED) is 0.232. The third-order valence-corrected chi connectivity index (χ3v) is 7.84. The van der Waals surface area contributed by atoms with E-state index < -0.39 is 26.1 Å². The minimum Gasteiger partial charge on any atom is -0.378 e. The van der Waals surface area contributed by atoms with Crippen molar-refractivity contribution in [2.45, 2.75) is 29.6 Å². The number of carbonyl (C=O) groups is 3. The average Bonchev–Trinajstić information content (AvgIpc) is 2.76. The van der Waals surface area contributed by atoms with Crippen LogP contribution in [0.4, 0.5) is 0 Å². The van der Waals surface area contributed by atoms with Crippen molar-refractivity contribution < 1.29 is 32.2 Å². The number of hydrogen-bond donors (Lipinski definition) is 2. The Kier molecular flexibility index (Phi) is 5.04. The van der Waals surface area contributed by atoms with Crippen LogP contribution in [0.3, 0.4) is 0 Å². The van der Waals surface area contributed by atoms with Gasteiger partial charge in [-0.3, -0.25) is 9.59 Å². The molecule has 11 nitrogen and oxygen atoms in total. The Bertz CT molecular complexity index is 806. The second-order valence-electron chi connectivity index (χ2n) is 6.77. The molecular weight excluding hydrogens is 378 g/mol. The van der Waals surface area contributed by atoms with Crippen molar-refractivity contribution in [3.63, 3.8) is 0 Å². The maximum atomic E-state index is 12.7. The molecule has 0 spiro atoms. The van der Waals surface area contributed by atoms with Crippen molar-refractivity contribution in [3.05, 3.63) is 12.4 Å². The first-order valence-corrected chi connectivity index (χ1v) is 10.0. The van der Waals surface area contributed by atoms with Crippen LogP contribution in [0.1, 0.15) is 13.3 Å². The number of nitrogens with zero attached hydrogens (tertiary/aromatic N) is 3. The molecule has 0 aromatic heterocycles. The highest BCUT2D eigenvalue weighted by Gasteiger charge is 2.67. The van der Waals surface area contributed by atoms with E-state index in [0.29, 0.717) is 32.6 Å². The van der Waals surface area contributed by atoms with E-state index in [1.54, 1.807) is 4.90 Å². The summed E-state index contributed by atoms with van der Waals surface area (Å²) < 4.78 is 31.4. The van der Waals surface area contributed by atoms with Gasteiger partial charge in [-0.25, -0.2) is 8.42 Å². The fourth-order valence-electron chi connectivity index (χ4n) is 3.48. The number of morpholine rings is 1. The largest absolute Gasteiger partial charge is 0.378 e. The molecule has 0 aliphatic carbocycles. The highest BCUT2D eigenvalue weighted by molar-refractivity contribution is 7.93. The van der Waals surface area contributed by atoms with Crippen LogP contribution in [0.5, 0.6) is 0 Å². The summed E-state index contributed by atoms with van der Waals surface area (Å²) in [4.78, 5) is 36.2. The van der Waals surface area contributed by atoms with Crippen molar-refractivity contribution in [1.82, 2.24) is 15.1 Å². The first-order valence-electron chi connectivity index (χ1n) is 8.50. The lowest BCUT2D eigenvalue weighted by molar-refractivity contribution is -0.540. The summed E-state index contributed by atoms with van der Waals surface area (Å²) in [5.41, 5.74) is 7.82. The number of nitrogens with one attached hydrogen (secondary N) is 2. The van der Waals surface area contributed by atoms with Gasteiger partial charge < -0.3 is 24.6 Å². The van der Waals surface area contributed by atoms with Crippen LogP contribution < -0.4 is 5.32 Å². The van der Waals surface area contributed by atoms with Gasteiger partial charge in [0, 0.05) is 13.1 Å². The number of sulfone groups is 1. The van der Waals surface area contributed by atoms with Crippen LogP contribution >= 0.6 is 0 Å². The van der Waals surface area contributed by atoms with Gasteiger partial charge in [-0.1, -0.05) is 10.2 Å². The van der Waals surface area contributed by atoms with Gasteiger partial charge in [-0.15, -0.1) is 0 Å². The lowest BCUT2D eigenvalue weighted by Gasteiger charge is -2.35. The molecule has 0 bridgehead atoms. The number of rotatable bonds is 6. The lowest BCUT2D eigenvalue weighted by atomic mass is 10.0. The molecule has 12 heteroatoms. The van der Waals surface area contributed by atoms with Crippen LogP contribution in [0.15, 0.2) is 12.4 Å². The molecule has 3 atom stereocenters. The fraction of sp³-hybridized carbons (Fsp3) is 0.667. The number of aldehydes is 1. The molecule has 3 rings (SSSR count). The van der Waals surface area contributed by atoms with Crippen molar-refractivity contribution in [3.8, 4) is 0 Å². The van der Waals surface area contributed by atoms with Crippen molar-refractivity contribution >= 4 is 27.9 Å². The van der Waals surface area contributed by atoms with Crippen molar-refractivity contribution in [2.75, 3.05) is 32.8 Å². The molecule has 27 heavy (non-hydrogen) atoms. The molecule has 0 aromatic rings. The van der Waals surface area contributed by atoms with Crippen LogP contribution in [-0.4, -0.2) is 90.2 Å². The van der Waals surface area contributed by atoms with Gasteiger partial charge in [0.2, 0.25) is 12.1 Å². The van der Waals surface area contributed by atoms with Crippen molar-refractivity contribution in [2.24, 2.45) is 0 Å². The Morgan fingerprint density at radius 3 is 2.70 bits per heavy atom. The number of β-lactam (4-membered cyclic amide) rings is 1. The van der Waals surface area contributed by atoms with E-state index in [9.17, 15) is 22.8 Å². The van der Waals surface area contributed by atoms with Gasteiger partial charge >= 0.3 is 0 Å². The van der Waals surface area contributed by atoms with Crippen LogP contribution in [0.2, 0.25) is 0 Å². The zero-order chi connectivity index (χ0) is 19.8. The standard InChI is InChI=1S/C15H22N5O6S/c1-15(11(10-21)20-12(22)8-14(20)27(15,24)25)17-2-3-19(16)9-13(23)18-4-6-26-7-5-18/h2-3,10-11,14,16-17H,4-9H2,1H3/q+1/b3-2-,19-16?/t11-,14?,15+/m0/s1. The molecule has 148 valence electrons. The molecule has 0 saturated carbocycles. The number of ether oxygens (including phenoxy) is 1. The first-order chi connectivity index (χ1) is 12.7. The van der Waals surface area contributed by atoms with E-state index in [2.05, 4.69) is 5.32 Å². The molecule has 3 aliphatic rings. The molecule has 1 unspecified atom stereocenters. The molecule has 3 heterocycles. The smallest absolute Gasteiger partial charge is 0.291 e. The summed E-state index contributed by atoms with van der Waals surface area (Å²) in [6.45, 7) is 2.99. The summed E-state index contributed by atoms with van der Waals surface area (Å²) in [5.74, 6) is -0.619. The Morgan fingerprint density at radius 2 is 2.11 bits per heavy atom. The molecule has 2 amide bonds. The zero-order valence-corrected chi connectivity index (χ0v) is 15.6. The van der Waals surface area contributed by atoms with E-state index in [4.69, 9.17) is 10.3 Å². The average molecular weight is 400 g/mol. The van der Waals surface area contributed by atoms with Crippen LogP contribution in [-0.2, 0) is 29.0 Å². The van der Waals surface area contributed by atoms with Gasteiger partial charge in [0.1, 0.15) is 17.7 Å². The summed E-state index contributed by atoms with van der Waals surface area (Å²) in [6.07, 6.45) is 2.73. The highest BCUT2D eigenvalue weighted by Crippen LogP contribution is 2.43. The van der Waals surface area contributed by atoms with E-state index in [1.807, 2.05) is 0 Å². The maximum absolute atomic E-state index is 12.7. The summed E-state index contributed by atoms with van der Waals surface area (Å²) >= 11 is 0. The Hall–Kier alpha value is -2.34. The maximum Gasteiger partial charge on any atom is 0.291 e. The summed E-state index contributed by atoms with van der Waals surface area (Å²) in [6, 6.07) is -1.15. The molecule has 2 N–H and O–H groups in total. The second kappa shape index (κ2) is 7.00. The van der Waals surface area contributed by atoms with Gasteiger partial charge in [0.25, 0.3) is 12.5 Å². The summed E-state index contributed by atoms with van der Waals surface area (Å²) in [5, 5.41) is 1.66. The zero-order valence-electron chi connectivity index (χ0n) is 14.8. The Morgan fingerprint density at radius 1 is 1.44 bits per heavy atom. The number of carbonyl (C=O) groups excluding carboxylic acids is 3. The van der Waals surface area contributed by atoms with E-state index in [-0.39, 0.29) is 24.8 Å². The van der Waals surface area contributed by atoms with Gasteiger partial charge in [0.05, 0.1) is 25.8 Å². The summed E-state index contributed by atoms with van der Waals surface area (Å²) in [7, 11) is -3.82. The number of fused-ring (bicyclic) bond motifs is 1. The minimum absolute atomic E-state index is 0.133. The normalized spacial score (nSPS) is 32.1. The SMILES string of the molecule is C[C@]1(N/C=C\[N+](=N)CC(=O)N2CCOCC2)[C@H](C=O)N2C(=O)CC2S1(=O)=O. The molecule has 3 saturated heterocycles. The number of hydrogen-bond acceptors (Lipinski definition) is 8. The monoisotopic (exact) mass is 400 g/mol. The predicted molar refractivity (Wildman–Crippen MR) is 89.9 cm³/mol. The first kappa shape index (κ1) is 19.4. The lowest BCUT2D eigenvalue weighted by Crippen LogP contribution is -2.57. The number of amides is 2. The molecular formula is C15H22N5O6S+. The highest BCUT2D eigenvalue weighted by atomic mass is 32.2. The Balaban J connectivity index is 1.64. The molecule has 3 aliphatic heterocycles. The van der Waals surface area contributed by atoms with E-state index in [0.717, 1.165) is 9.60 Å². The third-order valence-electron chi connectivity index (χ3n) is 5.18. The molecule has 0 aromatic carbocycles. The second-order valence-corrected chi connectivity index (χ2v) is 9.26. The Labute approximate surface area is 156 Å². The van der Waals surface area contributed by atoms with E-state index in [1.165, 1.54) is 19.3 Å². The third kappa shape index (κ3) is 3.12. The topological polar surface area (TPSA) is 140 Å². The van der Waals surface area contributed by atoms with Crippen LogP contribution in [0.25, 0.3) is 0 Å². The fourth-order valence-corrected chi connectivity index (χ4v) is 5.69. The van der Waals surface area contributed by atoms with Gasteiger partial charge in [-0.2, -0.15) is 0 Å². The van der Waals surface area contributed by atoms with Crippen LogP contribution in [0, 0.1) is 5.53 Å². The van der Waals surface area contributed by atoms with Gasteiger partial charge in [-0.05, 0) is 6.92 Å². The molecule has 0 radical (unpaired) electrons. The van der Waals surface area contributed by atoms with E-state index >= 15 is 0 Å². The van der Waals surface area contributed by atoms with Gasteiger partial charge in [0.15, 0.2) is 14.7 Å². The predicted octanol–water partition coefficient (Wildman–Crippen LogP) is -1.78. The van der Waals surface area contributed by atoms with Crippen molar-refractivity contribution in [1.29, 1.82) is 5.53 Å². The molecule has 3 fully saturated rings.